The summed E-state index contributed by atoms with van der Waals surface area (Å²) < 4.78 is 11.6. The van der Waals surface area contributed by atoms with Crippen LogP contribution in [0.1, 0.15) is 29.8 Å². The van der Waals surface area contributed by atoms with Crippen LogP contribution in [0.15, 0.2) is 30.9 Å². The molecule has 5 rings (SSSR count). The Morgan fingerprint density at radius 1 is 1.24 bits per heavy atom. The Bertz CT molecular complexity index is 1090. The van der Waals surface area contributed by atoms with Crippen LogP contribution in [0.3, 0.4) is 0 Å². The topological polar surface area (TPSA) is 92.4 Å². The Morgan fingerprint density at radius 3 is 2.90 bits per heavy atom. The van der Waals surface area contributed by atoms with Crippen molar-refractivity contribution in [2.24, 2.45) is 0 Å². The van der Waals surface area contributed by atoms with E-state index in [9.17, 15) is 4.79 Å². The number of nitrogens with zero attached hydrogens (tertiary/aromatic N) is 3. The highest BCUT2D eigenvalue weighted by Crippen LogP contribution is 2.42. The van der Waals surface area contributed by atoms with Crippen LogP contribution in [-0.2, 0) is 11.2 Å². The zero-order valence-corrected chi connectivity index (χ0v) is 16.5. The number of carbonyl (C=O) groups excluding carboxylic acids is 1. The van der Waals surface area contributed by atoms with Crippen LogP contribution >= 0.6 is 0 Å². The molecule has 1 fully saturated rings. The number of morpholine rings is 1. The van der Waals surface area contributed by atoms with Crippen LogP contribution in [-0.4, -0.2) is 52.8 Å². The number of ether oxygens (including phenoxy) is 2. The van der Waals surface area contributed by atoms with Gasteiger partial charge in [-0.3, -0.25) is 9.78 Å². The van der Waals surface area contributed by atoms with E-state index in [1.165, 1.54) is 0 Å². The second-order valence-electron chi connectivity index (χ2n) is 8.05. The van der Waals surface area contributed by atoms with E-state index in [4.69, 9.17) is 9.47 Å². The summed E-state index contributed by atoms with van der Waals surface area (Å²) >= 11 is 0. The fourth-order valence-corrected chi connectivity index (χ4v) is 4.03. The van der Waals surface area contributed by atoms with Gasteiger partial charge in [-0.15, -0.1) is 0 Å². The largest absolute Gasteiger partial charge is 0.487 e. The van der Waals surface area contributed by atoms with Crippen molar-refractivity contribution < 1.29 is 14.3 Å². The molecule has 2 aliphatic heterocycles. The van der Waals surface area contributed by atoms with Gasteiger partial charge in [-0.05, 0) is 19.9 Å². The first kappa shape index (κ1) is 17.9. The van der Waals surface area contributed by atoms with Gasteiger partial charge >= 0.3 is 0 Å². The Morgan fingerprint density at radius 2 is 2.07 bits per heavy atom. The van der Waals surface area contributed by atoms with E-state index in [1.807, 2.05) is 12.1 Å². The number of aromatic amines is 1. The smallest absolute Gasteiger partial charge is 0.259 e. The second kappa shape index (κ2) is 6.73. The molecule has 8 nitrogen and oxygen atoms in total. The quantitative estimate of drug-likeness (QED) is 0.711. The summed E-state index contributed by atoms with van der Waals surface area (Å²) in [6.45, 7) is 7.00. The first-order chi connectivity index (χ1) is 14.0. The van der Waals surface area contributed by atoms with Crippen LogP contribution in [0.5, 0.6) is 5.75 Å². The number of aromatic nitrogens is 3. The number of nitrogens with one attached hydrogen (secondary N) is 2. The number of hydrogen-bond donors (Lipinski definition) is 2. The van der Waals surface area contributed by atoms with Crippen LogP contribution in [0.25, 0.3) is 11.0 Å². The number of anilines is 2. The van der Waals surface area contributed by atoms with Gasteiger partial charge in [-0.25, -0.2) is 4.98 Å². The van der Waals surface area contributed by atoms with Crippen molar-refractivity contribution in [3.05, 3.63) is 42.0 Å². The molecular formula is C21H23N5O3. The van der Waals surface area contributed by atoms with Crippen molar-refractivity contribution in [2.75, 3.05) is 36.5 Å². The minimum Gasteiger partial charge on any atom is -0.487 e. The van der Waals surface area contributed by atoms with Gasteiger partial charge in [0.2, 0.25) is 0 Å². The SMILES string of the molecule is CC1(C)Cc2cc(NC(=O)c3cncc4[nH]cnc34)c(N3CCOCC3)cc2O1. The monoisotopic (exact) mass is 393 g/mol. The lowest BCUT2D eigenvalue weighted by molar-refractivity contribution is 0.102. The lowest BCUT2D eigenvalue weighted by Crippen LogP contribution is -2.36. The number of H-pyrrole nitrogens is 1. The van der Waals surface area contributed by atoms with Crippen LogP contribution < -0.4 is 15.0 Å². The number of pyridine rings is 1. The molecule has 0 radical (unpaired) electrons. The van der Waals surface area contributed by atoms with E-state index >= 15 is 0 Å². The van der Waals surface area contributed by atoms with Gasteiger partial charge in [0.1, 0.15) is 16.9 Å². The Labute approximate surface area is 168 Å². The molecule has 2 N–H and O–H groups in total. The first-order valence-corrected chi connectivity index (χ1v) is 9.77. The molecule has 2 aliphatic rings. The third-order valence-corrected chi connectivity index (χ3v) is 5.36. The van der Waals surface area contributed by atoms with Gasteiger partial charge in [0.05, 0.1) is 48.2 Å². The molecule has 0 spiro atoms. The highest BCUT2D eigenvalue weighted by molar-refractivity contribution is 6.12. The van der Waals surface area contributed by atoms with Crippen molar-refractivity contribution in [2.45, 2.75) is 25.9 Å². The van der Waals surface area contributed by atoms with Gasteiger partial charge in [0, 0.05) is 37.3 Å². The number of hydrogen-bond acceptors (Lipinski definition) is 6. The number of carbonyl (C=O) groups is 1. The standard InChI is InChI=1S/C21H23N5O3/c1-21(2)9-13-7-15(17(8-18(13)29-21)26-3-5-28-6-4-26)25-20(27)14-10-22-11-16-19(14)24-12-23-16/h7-8,10-12H,3-6,9H2,1-2H3,(H,23,24)(H,25,27). The average Bonchev–Trinajstić information content (AvgIpc) is 3.30. The summed E-state index contributed by atoms with van der Waals surface area (Å²) in [4.78, 5) is 26.8. The van der Waals surface area contributed by atoms with Gasteiger partial charge in [-0.2, -0.15) is 0 Å². The predicted octanol–water partition coefficient (Wildman–Crippen LogP) is 2.76. The lowest BCUT2D eigenvalue weighted by atomic mass is 10.0. The summed E-state index contributed by atoms with van der Waals surface area (Å²) in [6.07, 6.45) is 5.57. The zero-order chi connectivity index (χ0) is 20.0. The maximum atomic E-state index is 13.1. The zero-order valence-electron chi connectivity index (χ0n) is 16.5. The van der Waals surface area contributed by atoms with Gasteiger partial charge in [-0.1, -0.05) is 0 Å². The summed E-state index contributed by atoms with van der Waals surface area (Å²) in [5, 5.41) is 3.09. The van der Waals surface area contributed by atoms with E-state index in [0.29, 0.717) is 24.3 Å². The van der Waals surface area contributed by atoms with E-state index in [-0.39, 0.29) is 11.5 Å². The van der Waals surface area contributed by atoms with Crippen molar-refractivity contribution in [3.63, 3.8) is 0 Å². The second-order valence-corrected chi connectivity index (χ2v) is 8.05. The number of benzene rings is 1. The molecule has 1 aromatic carbocycles. The first-order valence-electron chi connectivity index (χ1n) is 9.77. The minimum absolute atomic E-state index is 0.233. The van der Waals surface area contributed by atoms with Gasteiger partial charge in [0.15, 0.2) is 0 Å². The molecule has 8 heteroatoms. The highest BCUT2D eigenvalue weighted by atomic mass is 16.5. The Kier molecular flexibility index (Phi) is 4.16. The molecule has 0 unspecified atom stereocenters. The summed E-state index contributed by atoms with van der Waals surface area (Å²) in [7, 11) is 0. The summed E-state index contributed by atoms with van der Waals surface area (Å²) in [5.41, 5.74) is 4.33. The number of fused-ring (bicyclic) bond motifs is 2. The molecule has 29 heavy (non-hydrogen) atoms. The van der Waals surface area contributed by atoms with Crippen LogP contribution in [0.2, 0.25) is 0 Å². The van der Waals surface area contributed by atoms with Crippen LogP contribution in [0, 0.1) is 0 Å². The average molecular weight is 393 g/mol. The molecule has 0 atom stereocenters. The van der Waals surface area contributed by atoms with Gasteiger partial charge in [0.25, 0.3) is 5.91 Å². The third-order valence-electron chi connectivity index (χ3n) is 5.36. The number of amides is 1. The Balaban J connectivity index is 1.53. The van der Waals surface area contributed by atoms with Crippen molar-refractivity contribution in [1.82, 2.24) is 15.0 Å². The Hall–Kier alpha value is -3.13. The number of rotatable bonds is 3. The van der Waals surface area contributed by atoms with E-state index < -0.39 is 0 Å². The van der Waals surface area contributed by atoms with Gasteiger partial charge < -0.3 is 24.7 Å². The van der Waals surface area contributed by atoms with Crippen LogP contribution in [0.4, 0.5) is 11.4 Å². The molecule has 0 bridgehead atoms. The summed E-state index contributed by atoms with van der Waals surface area (Å²) in [6, 6.07) is 4.07. The molecule has 1 saturated heterocycles. The third kappa shape index (κ3) is 3.29. The van der Waals surface area contributed by atoms with Crippen molar-refractivity contribution in [3.8, 4) is 5.75 Å². The normalized spacial score (nSPS) is 17.8. The molecular weight excluding hydrogens is 370 g/mol. The highest BCUT2D eigenvalue weighted by Gasteiger charge is 2.32. The lowest BCUT2D eigenvalue weighted by Gasteiger charge is -2.31. The summed E-state index contributed by atoms with van der Waals surface area (Å²) in [5.74, 6) is 0.647. The molecule has 150 valence electrons. The number of imidazole rings is 1. The molecule has 4 heterocycles. The molecule has 0 saturated carbocycles. The maximum absolute atomic E-state index is 13.1. The molecule has 3 aromatic rings. The maximum Gasteiger partial charge on any atom is 0.259 e. The van der Waals surface area contributed by atoms with Crippen molar-refractivity contribution >= 4 is 28.3 Å². The van der Waals surface area contributed by atoms with Crippen molar-refractivity contribution in [1.29, 1.82) is 0 Å². The van der Waals surface area contributed by atoms with E-state index in [1.54, 1.807) is 18.7 Å². The molecule has 1 amide bonds. The fourth-order valence-electron chi connectivity index (χ4n) is 4.03. The van der Waals surface area contributed by atoms with E-state index in [2.05, 4.69) is 39.0 Å². The molecule has 2 aromatic heterocycles. The minimum atomic E-state index is -0.252. The predicted molar refractivity (Wildman–Crippen MR) is 110 cm³/mol. The van der Waals surface area contributed by atoms with E-state index in [0.717, 1.165) is 47.7 Å². The fraction of sp³-hybridized carbons (Fsp3) is 0.381. The molecule has 0 aliphatic carbocycles.